The van der Waals surface area contributed by atoms with E-state index in [9.17, 15) is 0 Å². The van der Waals surface area contributed by atoms with Gasteiger partial charge in [0.05, 0.1) is 6.61 Å². The van der Waals surface area contributed by atoms with Crippen molar-refractivity contribution < 1.29 is 4.74 Å². The number of ether oxygens (including phenoxy) is 1. The molecule has 0 radical (unpaired) electrons. The van der Waals surface area contributed by atoms with Crippen LogP contribution in [-0.2, 0) is 4.74 Å². The molecule has 0 aliphatic carbocycles. The van der Waals surface area contributed by atoms with Crippen LogP contribution < -0.4 is 5.73 Å². The summed E-state index contributed by atoms with van der Waals surface area (Å²) in [5.74, 6) is 0. The average Bonchev–Trinajstić information content (AvgIpc) is 2.43. The third kappa shape index (κ3) is 14.1. The minimum atomic E-state index is 0.793. The Bertz CT molecular complexity index is 157. The minimum Gasteiger partial charge on any atom is -0.383 e. The highest BCUT2D eigenvalue weighted by atomic mass is 16.5. The van der Waals surface area contributed by atoms with Crippen molar-refractivity contribution in [2.75, 3.05) is 39.9 Å². The Morgan fingerprint density at radius 3 is 1.95 bits per heavy atom. The molecule has 0 aromatic carbocycles. The van der Waals surface area contributed by atoms with Crippen LogP contribution in [0.2, 0.25) is 0 Å². The van der Waals surface area contributed by atoms with E-state index in [1.54, 1.807) is 7.11 Å². The van der Waals surface area contributed by atoms with Gasteiger partial charge in [0.1, 0.15) is 0 Å². The molecule has 0 saturated heterocycles. The van der Waals surface area contributed by atoms with Gasteiger partial charge in [0, 0.05) is 13.7 Å². The first-order chi connectivity index (χ1) is 9.35. The molecule has 0 atom stereocenters. The highest BCUT2D eigenvalue weighted by Gasteiger charge is 2.03. The molecular weight excluding hydrogens is 236 g/mol. The number of rotatable bonds is 15. The summed E-state index contributed by atoms with van der Waals surface area (Å²) in [5.41, 5.74) is 5.58. The van der Waals surface area contributed by atoms with E-state index in [0.29, 0.717) is 0 Å². The monoisotopic (exact) mass is 272 g/mol. The first-order valence-corrected chi connectivity index (χ1v) is 8.26. The molecule has 0 aromatic heterocycles. The molecule has 3 heteroatoms. The second kappa shape index (κ2) is 15.9. The van der Waals surface area contributed by atoms with Crippen LogP contribution in [0.3, 0.4) is 0 Å². The normalized spacial score (nSPS) is 11.4. The van der Waals surface area contributed by atoms with E-state index in [2.05, 4.69) is 11.8 Å². The number of hydrogen-bond donors (Lipinski definition) is 1. The van der Waals surface area contributed by atoms with Crippen LogP contribution in [0.1, 0.15) is 64.7 Å². The number of unbranched alkanes of at least 4 members (excludes halogenated alkanes) is 7. The third-order valence-corrected chi connectivity index (χ3v) is 3.62. The number of nitrogens with two attached hydrogens (primary N) is 1. The van der Waals surface area contributed by atoms with Gasteiger partial charge >= 0.3 is 0 Å². The van der Waals surface area contributed by atoms with Crippen LogP contribution in [-0.4, -0.2) is 44.8 Å². The number of hydrogen-bond acceptors (Lipinski definition) is 3. The largest absolute Gasteiger partial charge is 0.383 e. The smallest absolute Gasteiger partial charge is 0.0589 e. The fourth-order valence-corrected chi connectivity index (χ4v) is 2.34. The van der Waals surface area contributed by atoms with Crippen LogP contribution in [0.4, 0.5) is 0 Å². The Morgan fingerprint density at radius 1 is 0.789 bits per heavy atom. The molecule has 0 aliphatic rings. The third-order valence-electron chi connectivity index (χ3n) is 3.62. The highest BCUT2D eigenvalue weighted by molar-refractivity contribution is 4.59. The molecule has 0 rings (SSSR count). The topological polar surface area (TPSA) is 38.5 Å². The molecule has 19 heavy (non-hydrogen) atoms. The van der Waals surface area contributed by atoms with E-state index < -0.39 is 0 Å². The molecule has 0 spiro atoms. The summed E-state index contributed by atoms with van der Waals surface area (Å²) < 4.78 is 5.16. The number of nitrogens with zero attached hydrogens (tertiary/aromatic N) is 1. The van der Waals surface area contributed by atoms with Gasteiger partial charge in [-0.1, -0.05) is 51.9 Å². The fraction of sp³-hybridized carbons (Fsp3) is 1.00. The molecule has 0 heterocycles. The van der Waals surface area contributed by atoms with Crippen LogP contribution in [0.15, 0.2) is 0 Å². The van der Waals surface area contributed by atoms with Crippen molar-refractivity contribution in [2.24, 2.45) is 5.73 Å². The van der Waals surface area contributed by atoms with Crippen molar-refractivity contribution in [3.05, 3.63) is 0 Å². The lowest BCUT2D eigenvalue weighted by Crippen LogP contribution is -2.30. The fourth-order valence-electron chi connectivity index (χ4n) is 2.34. The lowest BCUT2D eigenvalue weighted by atomic mass is 10.1. The van der Waals surface area contributed by atoms with Crippen molar-refractivity contribution in [3.63, 3.8) is 0 Å². The zero-order valence-corrected chi connectivity index (χ0v) is 13.3. The molecular formula is C16H36N2O. The van der Waals surface area contributed by atoms with Gasteiger partial charge in [-0.3, -0.25) is 0 Å². The molecule has 0 amide bonds. The van der Waals surface area contributed by atoms with Crippen LogP contribution in [0, 0.1) is 0 Å². The van der Waals surface area contributed by atoms with E-state index in [4.69, 9.17) is 10.5 Å². The van der Waals surface area contributed by atoms with Gasteiger partial charge in [0.15, 0.2) is 0 Å². The summed E-state index contributed by atoms with van der Waals surface area (Å²) in [6, 6.07) is 0. The van der Waals surface area contributed by atoms with Crippen molar-refractivity contribution >= 4 is 0 Å². The maximum atomic E-state index is 5.58. The Labute approximate surface area is 120 Å². The van der Waals surface area contributed by atoms with E-state index in [1.165, 1.54) is 57.9 Å². The Balaban J connectivity index is 3.40. The quantitative estimate of drug-likeness (QED) is 0.464. The standard InChI is InChI=1S/C16H36N2O/c1-3-4-5-6-7-8-9-10-13-18(14-11-12-17)15-16-19-2/h3-17H2,1-2H3. The van der Waals surface area contributed by atoms with Crippen LogP contribution in [0.25, 0.3) is 0 Å². The predicted octanol–water partition coefficient (Wildman–Crippen LogP) is 3.42. The maximum absolute atomic E-state index is 5.58. The summed E-state index contributed by atoms with van der Waals surface area (Å²) >= 11 is 0. The lowest BCUT2D eigenvalue weighted by molar-refractivity contribution is 0.146. The van der Waals surface area contributed by atoms with Gasteiger partial charge in [-0.15, -0.1) is 0 Å². The zero-order chi connectivity index (χ0) is 14.2. The summed E-state index contributed by atoms with van der Waals surface area (Å²) in [6.45, 7) is 7.28. The second-order valence-corrected chi connectivity index (χ2v) is 5.45. The molecule has 116 valence electrons. The van der Waals surface area contributed by atoms with Crippen molar-refractivity contribution in [2.45, 2.75) is 64.7 Å². The first-order valence-electron chi connectivity index (χ1n) is 8.26. The molecule has 0 saturated carbocycles. The summed E-state index contributed by atoms with van der Waals surface area (Å²) in [7, 11) is 1.78. The molecule has 0 aliphatic heterocycles. The van der Waals surface area contributed by atoms with E-state index in [-0.39, 0.29) is 0 Å². The van der Waals surface area contributed by atoms with Gasteiger partial charge in [0.25, 0.3) is 0 Å². The summed E-state index contributed by atoms with van der Waals surface area (Å²) in [5, 5.41) is 0. The van der Waals surface area contributed by atoms with Crippen molar-refractivity contribution in [1.82, 2.24) is 4.90 Å². The zero-order valence-electron chi connectivity index (χ0n) is 13.3. The molecule has 3 nitrogen and oxygen atoms in total. The molecule has 0 aromatic rings. The number of methoxy groups -OCH3 is 1. The molecule has 0 bridgehead atoms. The summed E-state index contributed by atoms with van der Waals surface area (Å²) in [6.07, 6.45) is 12.2. The Morgan fingerprint density at radius 2 is 1.37 bits per heavy atom. The van der Waals surface area contributed by atoms with Crippen molar-refractivity contribution in [1.29, 1.82) is 0 Å². The SMILES string of the molecule is CCCCCCCCCCN(CCCN)CCOC. The van der Waals surface area contributed by atoms with Gasteiger partial charge < -0.3 is 15.4 Å². The molecule has 0 unspecified atom stereocenters. The van der Waals surface area contributed by atoms with Gasteiger partial charge in [-0.2, -0.15) is 0 Å². The Hall–Kier alpha value is -0.120. The highest BCUT2D eigenvalue weighted by Crippen LogP contribution is 2.09. The second-order valence-electron chi connectivity index (χ2n) is 5.45. The predicted molar refractivity (Wildman–Crippen MR) is 84.6 cm³/mol. The molecule has 0 fully saturated rings. The minimum absolute atomic E-state index is 0.793. The average molecular weight is 272 g/mol. The maximum Gasteiger partial charge on any atom is 0.0589 e. The van der Waals surface area contributed by atoms with E-state index >= 15 is 0 Å². The Kier molecular flexibility index (Phi) is 15.8. The van der Waals surface area contributed by atoms with Crippen LogP contribution >= 0.6 is 0 Å². The van der Waals surface area contributed by atoms with Crippen LogP contribution in [0.5, 0.6) is 0 Å². The van der Waals surface area contributed by atoms with Crippen molar-refractivity contribution in [3.8, 4) is 0 Å². The van der Waals surface area contributed by atoms with E-state index in [1.807, 2.05) is 0 Å². The lowest BCUT2D eigenvalue weighted by Gasteiger charge is -2.21. The summed E-state index contributed by atoms with van der Waals surface area (Å²) in [4.78, 5) is 2.49. The van der Waals surface area contributed by atoms with E-state index in [0.717, 1.165) is 32.7 Å². The molecule has 2 N–H and O–H groups in total. The van der Waals surface area contributed by atoms with Gasteiger partial charge in [-0.25, -0.2) is 0 Å². The van der Waals surface area contributed by atoms with Gasteiger partial charge in [0.2, 0.25) is 0 Å². The van der Waals surface area contributed by atoms with Gasteiger partial charge in [-0.05, 0) is 32.5 Å². The first kappa shape index (κ1) is 18.9.